The molecule has 2 bridgehead atoms. The molecule has 1 heterocycles. The predicted molar refractivity (Wildman–Crippen MR) is 72.1 cm³/mol. The fraction of sp³-hybridized carbons (Fsp3) is 1.00. The van der Waals surface area contributed by atoms with Crippen LogP contribution < -0.4 is 5.32 Å². The summed E-state index contributed by atoms with van der Waals surface area (Å²) in [5.74, 6) is 3.06. The molecule has 0 radical (unpaired) electrons. The molecule has 1 saturated heterocycles. The quantitative estimate of drug-likeness (QED) is 0.789. The number of nitrogens with one attached hydrogen (secondary N) is 1. The SMILES string of the molecule is CC(NCCN1CC2CCCC(C2)C1)C1CC1. The fourth-order valence-electron chi connectivity index (χ4n) is 3.93. The second kappa shape index (κ2) is 5.27. The number of hydrogen-bond donors (Lipinski definition) is 1. The van der Waals surface area contributed by atoms with Gasteiger partial charge in [0.15, 0.2) is 0 Å². The second-order valence-corrected chi connectivity index (χ2v) is 6.74. The molecule has 17 heavy (non-hydrogen) atoms. The highest BCUT2D eigenvalue weighted by atomic mass is 15.2. The molecule has 2 saturated carbocycles. The third-order valence-electron chi connectivity index (χ3n) is 5.15. The zero-order valence-corrected chi connectivity index (χ0v) is 11.3. The molecule has 1 N–H and O–H groups in total. The molecule has 3 rings (SSSR count). The van der Waals surface area contributed by atoms with E-state index < -0.39 is 0 Å². The van der Waals surface area contributed by atoms with Crippen molar-refractivity contribution in [2.45, 2.75) is 51.5 Å². The average Bonchev–Trinajstić information content (AvgIpc) is 3.12. The number of fused-ring (bicyclic) bond motifs is 2. The largest absolute Gasteiger partial charge is 0.313 e. The van der Waals surface area contributed by atoms with E-state index in [0.717, 1.165) is 23.8 Å². The van der Waals surface area contributed by atoms with Crippen molar-refractivity contribution in [3.05, 3.63) is 0 Å². The molecule has 0 aromatic carbocycles. The van der Waals surface area contributed by atoms with Crippen LogP contribution in [0.4, 0.5) is 0 Å². The summed E-state index contributed by atoms with van der Waals surface area (Å²) in [7, 11) is 0. The zero-order chi connectivity index (χ0) is 11.7. The second-order valence-electron chi connectivity index (χ2n) is 6.74. The Morgan fingerprint density at radius 3 is 2.47 bits per heavy atom. The summed E-state index contributed by atoms with van der Waals surface area (Å²) >= 11 is 0. The van der Waals surface area contributed by atoms with E-state index >= 15 is 0 Å². The molecule has 2 nitrogen and oxygen atoms in total. The maximum atomic E-state index is 3.72. The van der Waals surface area contributed by atoms with E-state index in [1.807, 2.05) is 0 Å². The van der Waals surface area contributed by atoms with E-state index in [1.165, 1.54) is 64.7 Å². The molecular weight excluding hydrogens is 208 g/mol. The standard InChI is InChI=1S/C15H28N2/c1-12(15-5-6-15)16-7-8-17-10-13-3-2-4-14(9-13)11-17/h12-16H,2-11H2,1H3. The predicted octanol–water partition coefficient (Wildman–Crippen LogP) is 2.50. The van der Waals surface area contributed by atoms with Gasteiger partial charge in [-0.2, -0.15) is 0 Å². The normalized spacial score (nSPS) is 35.8. The van der Waals surface area contributed by atoms with E-state index in [-0.39, 0.29) is 0 Å². The molecule has 0 aromatic heterocycles. The Morgan fingerprint density at radius 2 is 1.82 bits per heavy atom. The monoisotopic (exact) mass is 236 g/mol. The van der Waals surface area contributed by atoms with Crippen molar-refractivity contribution in [1.29, 1.82) is 0 Å². The Hall–Kier alpha value is -0.0800. The van der Waals surface area contributed by atoms with Gasteiger partial charge in [-0.1, -0.05) is 6.42 Å². The maximum Gasteiger partial charge on any atom is 0.0107 e. The minimum absolute atomic E-state index is 0.763. The van der Waals surface area contributed by atoms with Gasteiger partial charge < -0.3 is 10.2 Å². The van der Waals surface area contributed by atoms with Gasteiger partial charge >= 0.3 is 0 Å². The smallest absolute Gasteiger partial charge is 0.0107 e. The molecule has 3 unspecified atom stereocenters. The highest BCUT2D eigenvalue weighted by Crippen LogP contribution is 2.34. The molecular formula is C15H28N2. The maximum absolute atomic E-state index is 3.72. The lowest BCUT2D eigenvalue weighted by molar-refractivity contribution is 0.0863. The third kappa shape index (κ3) is 3.23. The first kappa shape index (κ1) is 12.0. The van der Waals surface area contributed by atoms with Crippen LogP contribution in [0.25, 0.3) is 0 Å². The molecule has 98 valence electrons. The Labute approximate surface area is 106 Å². The van der Waals surface area contributed by atoms with Crippen LogP contribution in [-0.4, -0.2) is 37.1 Å². The lowest BCUT2D eigenvalue weighted by Gasteiger charge is -2.41. The van der Waals surface area contributed by atoms with Crippen LogP contribution in [0.15, 0.2) is 0 Å². The Kier molecular flexibility index (Phi) is 3.72. The molecule has 0 amide bonds. The number of rotatable bonds is 5. The Bertz CT molecular complexity index is 237. The lowest BCUT2D eigenvalue weighted by atomic mass is 9.78. The van der Waals surface area contributed by atoms with Gasteiger partial charge in [0.1, 0.15) is 0 Å². The minimum Gasteiger partial charge on any atom is -0.313 e. The molecule has 2 aliphatic carbocycles. The lowest BCUT2D eigenvalue weighted by Crippen LogP contribution is -2.46. The number of piperidine rings is 1. The van der Waals surface area contributed by atoms with Crippen molar-refractivity contribution in [2.24, 2.45) is 17.8 Å². The number of likely N-dealkylation sites (tertiary alicyclic amines) is 1. The van der Waals surface area contributed by atoms with E-state index in [2.05, 4.69) is 17.1 Å². The van der Waals surface area contributed by atoms with Crippen molar-refractivity contribution in [1.82, 2.24) is 10.2 Å². The topological polar surface area (TPSA) is 15.3 Å². The molecule has 2 heteroatoms. The first-order valence-corrected chi connectivity index (χ1v) is 7.77. The third-order valence-corrected chi connectivity index (χ3v) is 5.15. The first-order valence-electron chi connectivity index (χ1n) is 7.77. The van der Waals surface area contributed by atoms with Crippen molar-refractivity contribution in [3.8, 4) is 0 Å². The fourth-order valence-corrected chi connectivity index (χ4v) is 3.93. The van der Waals surface area contributed by atoms with Crippen LogP contribution in [0.2, 0.25) is 0 Å². The number of hydrogen-bond acceptors (Lipinski definition) is 2. The average molecular weight is 236 g/mol. The molecule has 0 spiro atoms. The highest BCUT2D eigenvalue weighted by molar-refractivity contribution is 4.85. The summed E-state index contributed by atoms with van der Waals surface area (Å²) in [4.78, 5) is 2.73. The summed E-state index contributed by atoms with van der Waals surface area (Å²) in [5.41, 5.74) is 0. The van der Waals surface area contributed by atoms with E-state index in [9.17, 15) is 0 Å². The van der Waals surface area contributed by atoms with Crippen molar-refractivity contribution in [2.75, 3.05) is 26.2 Å². The minimum atomic E-state index is 0.763. The summed E-state index contributed by atoms with van der Waals surface area (Å²) in [5, 5.41) is 3.72. The summed E-state index contributed by atoms with van der Waals surface area (Å²) in [6.07, 6.45) is 8.95. The Balaban J connectivity index is 1.37. The van der Waals surface area contributed by atoms with Crippen molar-refractivity contribution >= 4 is 0 Å². The van der Waals surface area contributed by atoms with Gasteiger partial charge in [0.2, 0.25) is 0 Å². The van der Waals surface area contributed by atoms with E-state index in [4.69, 9.17) is 0 Å². The summed E-state index contributed by atoms with van der Waals surface area (Å²) < 4.78 is 0. The molecule has 3 aliphatic rings. The highest BCUT2D eigenvalue weighted by Gasteiger charge is 2.30. The van der Waals surface area contributed by atoms with Gasteiger partial charge in [0, 0.05) is 32.2 Å². The van der Waals surface area contributed by atoms with Gasteiger partial charge in [-0.3, -0.25) is 0 Å². The van der Waals surface area contributed by atoms with Crippen molar-refractivity contribution < 1.29 is 0 Å². The first-order chi connectivity index (χ1) is 8.31. The summed E-state index contributed by atoms with van der Waals surface area (Å²) in [6.45, 7) is 7.62. The van der Waals surface area contributed by atoms with Gasteiger partial charge in [-0.05, 0) is 56.8 Å². The molecule has 3 fully saturated rings. The van der Waals surface area contributed by atoms with E-state index in [1.54, 1.807) is 0 Å². The number of nitrogens with zero attached hydrogens (tertiary/aromatic N) is 1. The molecule has 1 aliphatic heterocycles. The van der Waals surface area contributed by atoms with Crippen LogP contribution in [0.3, 0.4) is 0 Å². The molecule has 0 aromatic rings. The van der Waals surface area contributed by atoms with Gasteiger partial charge in [-0.25, -0.2) is 0 Å². The van der Waals surface area contributed by atoms with E-state index in [0.29, 0.717) is 0 Å². The van der Waals surface area contributed by atoms with Crippen LogP contribution in [0, 0.1) is 17.8 Å². The van der Waals surface area contributed by atoms with Crippen LogP contribution in [0.5, 0.6) is 0 Å². The van der Waals surface area contributed by atoms with Crippen LogP contribution in [0.1, 0.15) is 45.4 Å². The zero-order valence-electron chi connectivity index (χ0n) is 11.3. The summed E-state index contributed by atoms with van der Waals surface area (Å²) in [6, 6.07) is 0.763. The van der Waals surface area contributed by atoms with Gasteiger partial charge in [0.25, 0.3) is 0 Å². The van der Waals surface area contributed by atoms with Gasteiger partial charge in [-0.15, -0.1) is 0 Å². The van der Waals surface area contributed by atoms with Crippen molar-refractivity contribution in [3.63, 3.8) is 0 Å². The van der Waals surface area contributed by atoms with Crippen LogP contribution >= 0.6 is 0 Å². The molecule has 3 atom stereocenters. The van der Waals surface area contributed by atoms with Gasteiger partial charge in [0.05, 0.1) is 0 Å². The van der Waals surface area contributed by atoms with Crippen LogP contribution in [-0.2, 0) is 0 Å². The Morgan fingerprint density at radius 1 is 1.12 bits per heavy atom.